The fraction of sp³-hybridized carbons (Fsp3) is 0.500. The molecule has 4 rings (SSSR count). The number of hydrogen-bond donors (Lipinski definition) is 2. The summed E-state index contributed by atoms with van der Waals surface area (Å²) in [5.74, 6) is 1.62. The van der Waals surface area contributed by atoms with Gasteiger partial charge in [-0.2, -0.15) is 15.0 Å². The Morgan fingerprint density at radius 3 is 2.68 bits per heavy atom. The molecular weight excluding hydrogens is 354 g/mol. The first-order valence-electron chi connectivity index (χ1n) is 9.71. The molecular formula is C20H27N7O. The molecule has 3 N–H and O–H groups in total. The molecule has 2 aromatic rings. The summed E-state index contributed by atoms with van der Waals surface area (Å²) in [7, 11) is 1.90. The molecule has 148 valence electrons. The second kappa shape index (κ2) is 7.35. The van der Waals surface area contributed by atoms with E-state index < -0.39 is 0 Å². The Morgan fingerprint density at radius 1 is 1.21 bits per heavy atom. The number of amides is 1. The number of nitrogens with one attached hydrogen (secondary N) is 1. The van der Waals surface area contributed by atoms with Gasteiger partial charge in [0.2, 0.25) is 17.8 Å². The largest absolute Gasteiger partial charge is 0.368 e. The number of aryl methyl sites for hydroxylation is 1. The molecule has 28 heavy (non-hydrogen) atoms. The van der Waals surface area contributed by atoms with E-state index in [1.54, 1.807) is 0 Å². The number of likely N-dealkylation sites (tertiary alicyclic amines) is 2. The van der Waals surface area contributed by atoms with Crippen molar-refractivity contribution in [3.63, 3.8) is 0 Å². The van der Waals surface area contributed by atoms with Crippen molar-refractivity contribution in [2.45, 2.75) is 32.7 Å². The van der Waals surface area contributed by atoms with Crippen LogP contribution in [-0.4, -0.2) is 57.3 Å². The quantitative estimate of drug-likeness (QED) is 0.835. The molecule has 0 aliphatic carbocycles. The highest BCUT2D eigenvalue weighted by molar-refractivity contribution is 5.79. The van der Waals surface area contributed by atoms with Crippen molar-refractivity contribution in [1.82, 2.24) is 24.8 Å². The third-order valence-electron chi connectivity index (χ3n) is 5.78. The molecule has 3 heterocycles. The molecule has 8 heteroatoms. The number of carbonyl (C=O) groups is 1. The normalized spacial score (nSPS) is 19.4. The van der Waals surface area contributed by atoms with E-state index in [1.807, 2.05) is 43.1 Å². The number of carbonyl (C=O) groups excluding carboxylic acids is 1. The summed E-state index contributed by atoms with van der Waals surface area (Å²) >= 11 is 0. The maximum Gasteiger partial charge on any atom is 0.232 e. The molecule has 2 aliphatic heterocycles. The number of benzene rings is 1. The molecule has 0 bridgehead atoms. The van der Waals surface area contributed by atoms with Gasteiger partial charge in [0, 0.05) is 25.7 Å². The Hall–Kier alpha value is -2.74. The Labute approximate surface area is 165 Å². The highest BCUT2D eigenvalue weighted by atomic mass is 16.2. The zero-order valence-corrected chi connectivity index (χ0v) is 16.5. The van der Waals surface area contributed by atoms with Crippen LogP contribution in [0.25, 0.3) is 0 Å². The van der Waals surface area contributed by atoms with E-state index in [-0.39, 0.29) is 17.3 Å². The van der Waals surface area contributed by atoms with E-state index in [1.165, 1.54) is 0 Å². The van der Waals surface area contributed by atoms with Gasteiger partial charge < -0.3 is 16.0 Å². The highest BCUT2D eigenvalue weighted by Gasteiger charge is 2.43. The van der Waals surface area contributed by atoms with Crippen LogP contribution in [0.3, 0.4) is 0 Å². The fourth-order valence-electron chi connectivity index (χ4n) is 4.24. The van der Waals surface area contributed by atoms with Gasteiger partial charge >= 0.3 is 0 Å². The van der Waals surface area contributed by atoms with Crippen molar-refractivity contribution in [3.05, 3.63) is 35.7 Å². The van der Waals surface area contributed by atoms with Crippen LogP contribution in [0.5, 0.6) is 0 Å². The van der Waals surface area contributed by atoms with Crippen LogP contribution in [0.1, 0.15) is 30.7 Å². The van der Waals surface area contributed by atoms with Gasteiger partial charge in [-0.1, -0.05) is 12.1 Å². The first-order chi connectivity index (χ1) is 13.4. The molecule has 0 unspecified atom stereocenters. The van der Waals surface area contributed by atoms with Gasteiger partial charge in [0.05, 0.1) is 6.54 Å². The topological polar surface area (TPSA) is 100 Å². The number of nitrogens with zero attached hydrogens (tertiary/aromatic N) is 5. The van der Waals surface area contributed by atoms with Gasteiger partial charge in [0.25, 0.3) is 0 Å². The first-order valence-corrected chi connectivity index (χ1v) is 9.71. The minimum Gasteiger partial charge on any atom is -0.368 e. The SMILES string of the molecule is Cc1cccc(Nc2nc(N)nc(CN3CCC4(CC3)CC(=O)N(C)C4)n2)c1. The molecule has 0 saturated carbocycles. The number of rotatable bonds is 4. The minimum absolute atomic E-state index is 0.151. The lowest BCUT2D eigenvalue weighted by Gasteiger charge is -2.38. The van der Waals surface area contributed by atoms with Crippen molar-refractivity contribution >= 4 is 23.5 Å². The maximum atomic E-state index is 11.9. The van der Waals surface area contributed by atoms with E-state index in [0.717, 1.165) is 43.7 Å². The molecule has 1 spiro atoms. The average Bonchev–Trinajstić information content (AvgIpc) is 2.90. The lowest BCUT2D eigenvalue weighted by molar-refractivity contribution is -0.126. The van der Waals surface area contributed by atoms with Crippen LogP contribution in [0, 0.1) is 12.3 Å². The number of anilines is 3. The Morgan fingerprint density at radius 2 is 2.00 bits per heavy atom. The van der Waals surface area contributed by atoms with Crippen LogP contribution < -0.4 is 11.1 Å². The Bertz CT molecular complexity index is 877. The van der Waals surface area contributed by atoms with Crippen LogP contribution in [0.15, 0.2) is 24.3 Å². The summed E-state index contributed by atoms with van der Waals surface area (Å²) in [6, 6.07) is 8.02. The number of hydrogen-bond acceptors (Lipinski definition) is 7. The van der Waals surface area contributed by atoms with Gasteiger partial charge in [-0.15, -0.1) is 0 Å². The van der Waals surface area contributed by atoms with Crippen molar-refractivity contribution < 1.29 is 4.79 Å². The van der Waals surface area contributed by atoms with Crippen LogP contribution >= 0.6 is 0 Å². The molecule has 1 amide bonds. The highest BCUT2D eigenvalue weighted by Crippen LogP contribution is 2.40. The monoisotopic (exact) mass is 381 g/mol. The smallest absolute Gasteiger partial charge is 0.232 e. The minimum atomic E-state index is 0.151. The molecule has 2 fully saturated rings. The summed E-state index contributed by atoms with van der Waals surface area (Å²) in [4.78, 5) is 29.2. The lowest BCUT2D eigenvalue weighted by Crippen LogP contribution is -2.41. The van der Waals surface area contributed by atoms with Crippen molar-refractivity contribution in [3.8, 4) is 0 Å². The summed E-state index contributed by atoms with van der Waals surface area (Å²) in [6.45, 7) is 5.43. The van der Waals surface area contributed by atoms with Gasteiger partial charge in [-0.05, 0) is 56.0 Å². The number of nitrogen functional groups attached to an aromatic ring is 1. The van der Waals surface area contributed by atoms with Crippen LogP contribution in [0.2, 0.25) is 0 Å². The Kier molecular flexibility index (Phi) is 4.89. The predicted molar refractivity (Wildman–Crippen MR) is 108 cm³/mol. The molecule has 1 aromatic heterocycles. The molecule has 1 aromatic carbocycles. The molecule has 8 nitrogen and oxygen atoms in total. The number of piperidine rings is 1. The van der Waals surface area contributed by atoms with E-state index in [4.69, 9.17) is 5.73 Å². The van der Waals surface area contributed by atoms with E-state index in [0.29, 0.717) is 24.7 Å². The summed E-state index contributed by atoms with van der Waals surface area (Å²) in [5.41, 5.74) is 8.14. The third-order valence-corrected chi connectivity index (χ3v) is 5.78. The van der Waals surface area contributed by atoms with Gasteiger partial charge in [0.15, 0.2) is 0 Å². The van der Waals surface area contributed by atoms with Gasteiger partial charge in [-0.25, -0.2) is 0 Å². The van der Waals surface area contributed by atoms with Crippen LogP contribution in [-0.2, 0) is 11.3 Å². The first kappa shape index (κ1) is 18.6. The van der Waals surface area contributed by atoms with E-state index in [9.17, 15) is 4.79 Å². The summed E-state index contributed by atoms with van der Waals surface area (Å²) in [6.07, 6.45) is 2.73. The maximum absolute atomic E-state index is 11.9. The standard InChI is InChI=1S/C20H27N7O/c1-14-4-3-5-15(10-14)22-19-24-16(23-18(21)25-19)12-27-8-6-20(7-9-27)11-17(28)26(2)13-20/h3-5,10H,6-9,11-13H2,1-2H3,(H3,21,22,23,24,25). The second-order valence-corrected chi connectivity index (χ2v) is 8.13. The van der Waals surface area contributed by atoms with Crippen molar-refractivity contribution in [2.24, 2.45) is 5.41 Å². The zero-order valence-electron chi connectivity index (χ0n) is 16.5. The second-order valence-electron chi connectivity index (χ2n) is 8.13. The molecule has 0 radical (unpaired) electrons. The zero-order chi connectivity index (χ0) is 19.7. The fourth-order valence-corrected chi connectivity index (χ4v) is 4.24. The van der Waals surface area contributed by atoms with Crippen LogP contribution in [0.4, 0.5) is 17.6 Å². The third kappa shape index (κ3) is 4.06. The Balaban J connectivity index is 1.40. The lowest BCUT2D eigenvalue weighted by atomic mass is 9.77. The van der Waals surface area contributed by atoms with Gasteiger partial charge in [0.1, 0.15) is 5.82 Å². The van der Waals surface area contributed by atoms with Gasteiger partial charge in [-0.3, -0.25) is 9.69 Å². The average molecular weight is 381 g/mol. The molecule has 2 aliphatic rings. The summed E-state index contributed by atoms with van der Waals surface area (Å²) < 4.78 is 0. The summed E-state index contributed by atoms with van der Waals surface area (Å²) in [5, 5.41) is 3.21. The molecule has 0 atom stereocenters. The van der Waals surface area contributed by atoms with Crippen molar-refractivity contribution in [2.75, 3.05) is 37.7 Å². The predicted octanol–water partition coefficient (Wildman–Crippen LogP) is 1.95. The number of aromatic nitrogens is 3. The molecule has 2 saturated heterocycles. The van der Waals surface area contributed by atoms with E-state index in [2.05, 4.69) is 25.2 Å². The van der Waals surface area contributed by atoms with E-state index >= 15 is 0 Å². The number of nitrogens with two attached hydrogens (primary N) is 1. The van der Waals surface area contributed by atoms with Crippen molar-refractivity contribution in [1.29, 1.82) is 0 Å².